The van der Waals surface area contributed by atoms with Gasteiger partial charge in [-0.25, -0.2) is 4.39 Å². The Hall–Kier alpha value is -3.95. The van der Waals surface area contributed by atoms with Gasteiger partial charge in [0.15, 0.2) is 0 Å². The number of pyridine rings is 1. The molecule has 3 aromatic carbocycles. The summed E-state index contributed by atoms with van der Waals surface area (Å²) in [4.78, 5) is 7.05. The molecule has 0 saturated carbocycles. The lowest BCUT2D eigenvalue weighted by molar-refractivity contribution is -0.00521. The van der Waals surface area contributed by atoms with Crippen LogP contribution in [0.5, 0.6) is 5.75 Å². The van der Waals surface area contributed by atoms with Crippen LogP contribution in [0.25, 0.3) is 33.2 Å². The van der Waals surface area contributed by atoms with Crippen LogP contribution < -0.4 is 9.64 Å². The van der Waals surface area contributed by atoms with E-state index in [1.165, 1.54) is 12.1 Å². The Labute approximate surface area is 204 Å². The smallest absolute Gasteiger partial charge is 0.137 e. The molecule has 0 unspecified atom stereocenters. The van der Waals surface area contributed by atoms with Crippen LogP contribution >= 0.6 is 0 Å². The van der Waals surface area contributed by atoms with Crippen molar-refractivity contribution in [2.75, 3.05) is 25.1 Å². The van der Waals surface area contributed by atoms with Crippen molar-refractivity contribution in [3.63, 3.8) is 0 Å². The first kappa shape index (κ1) is 22.8. The second-order valence-electron chi connectivity index (χ2n) is 8.95. The van der Waals surface area contributed by atoms with Gasteiger partial charge < -0.3 is 14.4 Å². The minimum atomic E-state index is -0.375. The lowest BCUT2D eigenvalue weighted by atomic mass is 9.97. The van der Waals surface area contributed by atoms with E-state index in [2.05, 4.69) is 36.9 Å². The lowest BCUT2D eigenvalue weighted by Gasteiger charge is -2.36. The molecule has 0 radical (unpaired) electrons. The first-order chi connectivity index (χ1) is 17.0. The monoisotopic (exact) mass is 467 g/mol. The van der Waals surface area contributed by atoms with Gasteiger partial charge >= 0.3 is 0 Å². The Morgan fingerprint density at radius 2 is 1.60 bits per heavy atom. The van der Waals surface area contributed by atoms with Gasteiger partial charge in [-0.05, 0) is 61.4 Å². The molecule has 0 spiro atoms. The largest absolute Gasteiger partial charge is 0.495 e. The highest BCUT2D eigenvalue weighted by Gasteiger charge is 2.23. The van der Waals surface area contributed by atoms with Gasteiger partial charge in [0.1, 0.15) is 11.6 Å². The van der Waals surface area contributed by atoms with E-state index in [1.807, 2.05) is 12.1 Å². The Morgan fingerprint density at radius 1 is 0.971 bits per heavy atom. The van der Waals surface area contributed by atoms with Gasteiger partial charge in [-0.2, -0.15) is 5.26 Å². The second-order valence-corrected chi connectivity index (χ2v) is 8.95. The molecule has 2 heterocycles. The molecule has 0 bridgehead atoms. The van der Waals surface area contributed by atoms with Gasteiger partial charge in [-0.1, -0.05) is 24.3 Å². The molecule has 0 N–H and O–H groups in total. The van der Waals surface area contributed by atoms with Crippen molar-refractivity contribution in [1.29, 1.82) is 5.26 Å². The zero-order chi connectivity index (χ0) is 24.5. The molecule has 0 aliphatic carbocycles. The van der Waals surface area contributed by atoms with E-state index >= 15 is 0 Å². The number of nitrogens with zero attached hydrogens (tertiary/aromatic N) is 3. The Morgan fingerprint density at radius 3 is 2.23 bits per heavy atom. The summed E-state index contributed by atoms with van der Waals surface area (Å²) in [6.45, 7) is 5.88. The van der Waals surface area contributed by atoms with E-state index in [0.717, 1.165) is 35.5 Å². The van der Waals surface area contributed by atoms with Crippen LogP contribution in [-0.2, 0) is 4.74 Å². The van der Waals surface area contributed by atoms with E-state index < -0.39 is 0 Å². The normalized spacial score (nSPS) is 17.9. The molecule has 1 fully saturated rings. The number of nitriles is 1. The van der Waals surface area contributed by atoms with Gasteiger partial charge in [-0.3, -0.25) is 4.98 Å². The van der Waals surface area contributed by atoms with Crippen molar-refractivity contribution >= 4 is 16.6 Å². The zero-order valence-electron chi connectivity index (χ0n) is 20.0. The van der Waals surface area contributed by atoms with Crippen LogP contribution in [0.4, 0.5) is 10.1 Å². The van der Waals surface area contributed by atoms with Crippen LogP contribution in [0, 0.1) is 17.1 Å². The number of hydrogen-bond donors (Lipinski definition) is 0. The first-order valence-corrected chi connectivity index (χ1v) is 11.6. The van der Waals surface area contributed by atoms with E-state index in [1.54, 1.807) is 37.6 Å². The number of benzene rings is 3. The SMILES string of the molecule is COc1c(-c2ccc(N3C[C@@H](C)O[C@@H](C)C3)cc2)cnc2c(-c3ccc(C#N)cc3)cc(F)cc12. The van der Waals surface area contributed by atoms with Crippen LogP contribution in [0.2, 0.25) is 0 Å². The number of ether oxygens (including phenoxy) is 2. The van der Waals surface area contributed by atoms with Crippen LogP contribution in [0.15, 0.2) is 66.9 Å². The van der Waals surface area contributed by atoms with E-state index in [9.17, 15) is 4.39 Å². The number of methoxy groups -OCH3 is 1. The number of halogens is 1. The summed E-state index contributed by atoms with van der Waals surface area (Å²) in [5, 5.41) is 9.69. The third kappa shape index (κ3) is 4.43. The van der Waals surface area contributed by atoms with Crippen molar-refractivity contribution in [3.05, 3.63) is 78.2 Å². The molecule has 4 aromatic rings. The van der Waals surface area contributed by atoms with Crippen LogP contribution in [0.1, 0.15) is 19.4 Å². The second kappa shape index (κ2) is 9.36. The van der Waals surface area contributed by atoms with E-state index in [4.69, 9.17) is 19.7 Å². The maximum Gasteiger partial charge on any atom is 0.137 e. The van der Waals surface area contributed by atoms with Crippen molar-refractivity contribution in [3.8, 4) is 34.1 Å². The van der Waals surface area contributed by atoms with Crippen LogP contribution in [0.3, 0.4) is 0 Å². The number of aromatic nitrogens is 1. The predicted octanol–water partition coefficient (Wildman–Crippen LogP) is 6.20. The molecule has 6 heteroatoms. The fourth-order valence-electron chi connectivity index (χ4n) is 4.85. The minimum Gasteiger partial charge on any atom is -0.495 e. The van der Waals surface area contributed by atoms with E-state index in [0.29, 0.717) is 27.8 Å². The fraction of sp³-hybridized carbons (Fsp3) is 0.241. The number of morpholine rings is 1. The van der Waals surface area contributed by atoms with Crippen molar-refractivity contribution in [2.45, 2.75) is 26.1 Å². The maximum atomic E-state index is 14.7. The summed E-state index contributed by atoms with van der Waals surface area (Å²) in [5.41, 5.74) is 5.51. The summed E-state index contributed by atoms with van der Waals surface area (Å²) in [5.74, 6) is 0.200. The van der Waals surface area contributed by atoms with E-state index in [-0.39, 0.29) is 18.0 Å². The molecule has 1 aliphatic rings. The molecule has 1 aliphatic heterocycles. The summed E-state index contributed by atoms with van der Waals surface area (Å²) in [7, 11) is 1.59. The number of fused-ring (bicyclic) bond motifs is 1. The lowest BCUT2D eigenvalue weighted by Crippen LogP contribution is -2.45. The van der Waals surface area contributed by atoms with Crippen molar-refractivity contribution in [1.82, 2.24) is 4.98 Å². The van der Waals surface area contributed by atoms with Gasteiger partial charge in [-0.15, -0.1) is 0 Å². The average molecular weight is 468 g/mol. The number of hydrogen-bond acceptors (Lipinski definition) is 5. The molecule has 35 heavy (non-hydrogen) atoms. The molecule has 1 saturated heterocycles. The molecular weight excluding hydrogens is 441 g/mol. The quantitative estimate of drug-likeness (QED) is 0.358. The first-order valence-electron chi connectivity index (χ1n) is 11.6. The fourth-order valence-corrected chi connectivity index (χ4v) is 4.85. The Kier molecular flexibility index (Phi) is 6.10. The molecule has 5 rings (SSSR count). The molecule has 0 amide bonds. The highest BCUT2D eigenvalue weighted by molar-refractivity contribution is 6.00. The minimum absolute atomic E-state index is 0.184. The van der Waals surface area contributed by atoms with Crippen molar-refractivity contribution in [2.24, 2.45) is 0 Å². The van der Waals surface area contributed by atoms with Crippen molar-refractivity contribution < 1.29 is 13.9 Å². The number of rotatable bonds is 4. The molecule has 1 aromatic heterocycles. The average Bonchev–Trinajstić information content (AvgIpc) is 2.87. The Balaban J connectivity index is 1.56. The Bertz CT molecular complexity index is 1400. The third-order valence-corrected chi connectivity index (χ3v) is 6.38. The molecular formula is C29H26FN3O2. The van der Waals surface area contributed by atoms with Gasteiger partial charge in [0.25, 0.3) is 0 Å². The molecule has 176 valence electrons. The number of anilines is 1. The zero-order valence-corrected chi connectivity index (χ0v) is 20.0. The standard InChI is InChI=1S/C29H26FN3O2/c1-18-16-33(17-19(2)35-18)24-10-8-22(9-11-24)27-15-32-28-25(21-6-4-20(14-31)5-7-21)12-23(30)13-26(28)29(27)34-3/h4-13,15,18-19H,16-17H2,1-3H3/t18-,19+. The molecule has 2 atom stereocenters. The summed E-state index contributed by atoms with van der Waals surface area (Å²) < 4.78 is 26.4. The van der Waals surface area contributed by atoms with Gasteiger partial charge in [0, 0.05) is 41.5 Å². The highest BCUT2D eigenvalue weighted by Crippen LogP contribution is 2.40. The summed E-state index contributed by atoms with van der Waals surface area (Å²) in [6.07, 6.45) is 2.15. The summed E-state index contributed by atoms with van der Waals surface area (Å²) >= 11 is 0. The summed E-state index contributed by atoms with van der Waals surface area (Å²) in [6, 6.07) is 20.4. The molecule has 5 nitrogen and oxygen atoms in total. The highest BCUT2D eigenvalue weighted by atomic mass is 19.1. The van der Waals surface area contributed by atoms with Gasteiger partial charge in [0.05, 0.1) is 36.5 Å². The maximum absolute atomic E-state index is 14.7. The van der Waals surface area contributed by atoms with Crippen LogP contribution in [-0.4, -0.2) is 37.4 Å². The topological polar surface area (TPSA) is 58.4 Å². The predicted molar refractivity (Wildman–Crippen MR) is 136 cm³/mol. The third-order valence-electron chi connectivity index (χ3n) is 6.38. The van der Waals surface area contributed by atoms with Gasteiger partial charge in [0.2, 0.25) is 0 Å².